The number of thiophene rings is 1. The molecule has 2 nitrogen and oxygen atoms in total. The van der Waals surface area contributed by atoms with Gasteiger partial charge in [0.15, 0.2) is 0 Å². The van der Waals surface area contributed by atoms with E-state index in [9.17, 15) is 0 Å². The maximum absolute atomic E-state index is 4.63. The van der Waals surface area contributed by atoms with E-state index in [0.29, 0.717) is 0 Å². The quantitative estimate of drug-likeness (QED) is 0.167. The zero-order chi connectivity index (χ0) is 37.0. The van der Waals surface area contributed by atoms with Gasteiger partial charge in [0.05, 0.1) is 16.7 Å². The number of aromatic nitrogens is 2. The average molecular weight is 731 g/mol. The van der Waals surface area contributed by atoms with Crippen LogP contribution in [0.3, 0.4) is 0 Å². The summed E-state index contributed by atoms with van der Waals surface area (Å²) in [6.07, 6.45) is 1.86. The van der Waals surface area contributed by atoms with Gasteiger partial charge in [0.2, 0.25) is 0 Å². The van der Waals surface area contributed by atoms with Gasteiger partial charge < -0.3 is 4.57 Å². The van der Waals surface area contributed by atoms with Crippen molar-refractivity contribution in [1.29, 1.82) is 0 Å². The van der Waals surface area contributed by atoms with Crippen molar-refractivity contribution in [3.63, 3.8) is 0 Å². The van der Waals surface area contributed by atoms with Crippen LogP contribution in [0, 0.1) is 0 Å². The molecule has 0 aliphatic carbocycles. The summed E-state index contributed by atoms with van der Waals surface area (Å²) in [6, 6.07) is 72.6. The summed E-state index contributed by atoms with van der Waals surface area (Å²) in [5, 5.41) is 5.05. The number of hydrogen-bond donors (Lipinski definition) is 0. The topological polar surface area (TPSA) is 17.8 Å². The summed E-state index contributed by atoms with van der Waals surface area (Å²) in [5.41, 5.74) is 15.4. The van der Waals surface area contributed by atoms with Crippen molar-refractivity contribution in [2.75, 3.05) is 0 Å². The van der Waals surface area contributed by atoms with Crippen molar-refractivity contribution < 1.29 is 0 Å². The minimum absolute atomic E-state index is 0.982. The van der Waals surface area contributed by atoms with Gasteiger partial charge in [0.1, 0.15) is 0 Å². The second-order valence-corrected chi connectivity index (χ2v) is 15.4. The summed E-state index contributed by atoms with van der Waals surface area (Å²) < 4.78 is 5.01. The molecule has 262 valence electrons. The molecule has 8 aromatic carbocycles. The van der Waals surface area contributed by atoms with Gasteiger partial charge in [-0.05, 0) is 111 Å². The van der Waals surface area contributed by atoms with Crippen LogP contribution in [0.2, 0.25) is 0 Å². The molecule has 0 saturated heterocycles. The van der Waals surface area contributed by atoms with Crippen LogP contribution in [0.25, 0.3) is 103 Å². The van der Waals surface area contributed by atoms with E-state index in [-0.39, 0.29) is 0 Å². The van der Waals surface area contributed by atoms with Crippen LogP contribution in [-0.2, 0) is 0 Å². The molecular formula is C53H34N2S. The molecule has 0 amide bonds. The highest BCUT2D eigenvalue weighted by Gasteiger charge is 2.16. The second kappa shape index (κ2) is 13.3. The largest absolute Gasteiger partial charge is 0.309 e. The third kappa shape index (κ3) is 5.52. The van der Waals surface area contributed by atoms with Crippen LogP contribution in [0.5, 0.6) is 0 Å². The van der Waals surface area contributed by atoms with Gasteiger partial charge >= 0.3 is 0 Å². The zero-order valence-electron chi connectivity index (χ0n) is 30.4. The first-order valence-electron chi connectivity index (χ1n) is 19.0. The van der Waals surface area contributed by atoms with E-state index in [2.05, 4.69) is 198 Å². The lowest BCUT2D eigenvalue weighted by atomic mass is 9.95. The number of para-hydroxylation sites is 1. The van der Waals surface area contributed by atoms with Crippen LogP contribution in [0.15, 0.2) is 206 Å². The van der Waals surface area contributed by atoms with E-state index in [1.54, 1.807) is 0 Å². The predicted molar refractivity (Wildman–Crippen MR) is 239 cm³/mol. The predicted octanol–water partition coefficient (Wildman–Crippen LogP) is 14.9. The van der Waals surface area contributed by atoms with Crippen LogP contribution >= 0.6 is 11.3 Å². The Balaban J connectivity index is 0.981. The van der Waals surface area contributed by atoms with Crippen LogP contribution in [0.4, 0.5) is 0 Å². The lowest BCUT2D eigenvalue weighted by Gasteiger charge is -2.11. The molecular weight excluding hydrogens is 697 g/mol. The highest BCUT2D eigenvalue weighted by molar-refractivity contribution is 7.26. The molecule has 0 bridgehead atoms. The van der Waals surface area contributed by atoms with E-state index in [4.69, 9.17) is 0 Å². The van der Waals surface area contributed by atoms with E-state index >= 15 is 0 Å². The maximum atomic E-state index is 4.63. The van der Waals surface area contributed by atoms with E-state index in [1.165, 1.54) is 86.5 Å². The van der Waals surface area contributed by atoms with Gasteiger partial charge in [-0.25, -0.2) is 0 Å². The highest BCUT2D eigenvalue weighted by Crippen LogP contribution is 2.43. The molecule has 0 fully saturated rings. The van der Waals surface area contributed by atoms with Crippen LogP contribution < -0.4 is 0 Å². The van der Waals surface area contributed by atoms with E-state index in [1.807, 2.05) is 29.7 Å². The molecule has 0 radical (unpaired) electrons. The Morgan fingerprint density at radius 2 is 0.964 bits per heavy atom. The van der Waals surface area contributed by atoms with Crippen molar-refractivity contribution in [3.8, 4) is 61.5 Å². The number of pyridine rings is 1. The summed E-state index contributed by atoms with van der Waals surface area (Å²) >= 11 is 1.88. The van der Waals surface area contributed by atoms with Gasteiger partial charge in [-0.3, -0.25) is 4.98 Å². The fourth-order valence-electron chi connectivity index (χ4n) is 8.35. The molecule has 56 heavy (non-hydrogen) atoms. The smallest absolute Gasteiger partial charge is 0.0702 e. The van der Waals surface area contributed by atoms with Crippen molar-refractivity contribution in [1.82, 2.24) is 9.55 Å². The number of nitrogens with zero attached hydrogens (tertiary/aromatic N) is 2. The molecule has 0 spiro atoms. The highest BCUT2D eigenvalue weighted by atomic mass is 32.1. The minimum atomic E-state index is 0.982. The fourth-order valence-corrected chi connectivity index (χ4v) is 9.57. The number of rotatable bonds is 6. The molecule has 0 aliphatic rings. The summed E-state index contributed by atoms with van der Waals surface area (Å²) in [6.45, 7) is 0. The van der Waals surface area contributed by atoms with Crippen molar-refractivity contribution in [2.45, 2.75) is 0 Å². The lowest BCUT2D eigenvalue weighted by Crippen LogP contribution is -1.94. The van der Waals surface area contributed by atoms with Gasteiger partial charge in [0, 0.05) is 48.4 Å². The third-order valence-corrected chi connectivity index (χ3v) is 12.3. The number of benzene rings is 8. The molecule has 0 aliphatic heterocycles. The summed E-state index contributed by atoms with van der Waals surface area (Å²) in [4.78, 5) is 4.63. The number of fused-ring (bicyclic) bond motifs is 6. The Kier molecular flexibility index (Phi) is 7.72. The SMILES string of the molecule is c1ccc(-c2cccc(-c3cccc(-c4ccc5sc6c(-c7cccc(-n8c9ccccc9c9cc(-c%10ccccn%10)ccc98)c7)cccc6c5c4)c3)c2)cc1. The molecule has 0 saturated carbocycles. The van der Waals surface area contributed by atoms with Gasteiger partial charge in [-0.15, -0.1) is 11.3 Å². The first-order chi connectivity index (χ1) is 27.7. The Bertz CT molecular complexity index is 3250. The van der Waals surface area contributed by atoms with Crippen LogP contribution in [-0.4, -0.2) is 9.55 Å². The average Bonchev–Trinajstić information content (AvgIpc) is 3.82. The van der Waals surface area contributed by atoms with Gasteiger partial charge in [-0.2, -0.15) is 0 Å². The molecule has 11 aromatic rings. The van der Waals surface area contributed by atoms with Gasteiger partial charge in [-0.1, -0.05) is 133 Å². The molecule has 3 heterocycles. The first kappa shape index (κ1) is 32.4. The van der Waals surface area contributed by atoms with Crippen molar-refractivity contribution in [3.05, 3.63) is 206 Å². The third-order valence-electron chi connectivity index (χ3n) is 11.0. The minimum Gasteiger partial charge on any atom is -0.309 e. The van der Waals surface area contributed by atoms with Crippen molar-refractivity contribution >= 4 is 53.3 Å². The Morgan fingerprint density at radius 1 is 0.357 bits per heavy atom. The number of hydrogen-bond acceptors (Lipinski definition) is 2. The standard InChI is InChI=1S/C53H34N2S/c1-2-12-35(13-3-1)36-14-8-15-37(30-36)38-16-9-17-39(31-38)40-26-28-52-48(33-40)46-22-11-21-44(53(46)56-52)41-18-10-19-43(32-41)55-50-24-5-4-20-45(50)47-34-42(25-27-51(47)55)49-23-6-7-29-54-49/h1-34H. The molecule has 11 rings (SSSR count). The zero-order valence-corrected chi connectivity index (χ0v) is 31.2. The molecule has 3 aromatic heterocycles. The van der Waals surface area contributed by atoms with E-state index < -0.39 is 0 Å². The Morgan fingerprint density at radius 3 is 1.77 bits per heavy atom. The maximum Gasteiger partial charge on any atom is 0.0702 e. The molecule has 0 N–H and O–H groups in total. The Labute approximate surface area is 329 Å². The van der Waals surface area contributed by atoms with E-state index in [0.717, 1.165) is 16.9 Å². The van der Waals surface area contributed by atoms with Crippen LogP contribution in [0.1, 0.15) is 0 Å². The molecule has 3 heteroatoms. The first-order valence-corrected chi connectivity index (χ1v) is 19.8. The second-order valence-electron chi connectivity index (χ2n) is 14.4. The fraction of sp³-hybridized carbons (Fsp3) is 0. The molecule has 0 atom stereocenters. The summed E-state index contributed by atoms with van der Waals surface area (Å²) in [5.74, 6) is 0. The normalized spacial score (nSPS) is 11.6. The lowest BCUT2D eigenvalue weighted by molar-refractivity contribution is 1.18. The monoisotopic (exact) mass is 730 g/mol. The Hall–Kier alpha value is -7.07. The van der Waals surface area contributed by atoms with Crippen molar-refractivity contribution in [2.24, 2.45) is 0 Å². The summed E-state index contributed by atoms with van der Waals surface area (Å²) in [7, 11) is 0. The molecule has 0 unspecified atom stereocenters. The van der Waals surface area contributed by atoms with Gasteiger partial charge in [0.25, 0.3) is 0 Å².